The highest BCUT2D eigenvalue weighted by Crippen LogP contribution is 2.18. The van der Waals surface area contributed by atoms with Crippen LogP contribution in [0, 0.1) is 5.82 Å². The quantitative estimate of drug-likeness (QED) is 0.625. The third-order valence-electron chi connectivity index (χ3n) is 4.51. The molecule has 1 saturated heterocycles. The molecule has 1 atom stereocenters. The molecule has 0 radical (unpaired) electrons. The van der Waals surface area contributed by atoms with Crippen LogP contribution >= 0.6 is 0 Å². The molecule has 2 N–H and O–H groups in total. The minimum Gasteiger partial charge on any atom is -0.355 e. The molecule has 5 heteroatoms. The van der Waals surface area contributed by atoms with Gasteiger partial charge < -0.3 is 10.6 Å². The van der Waals surface area contributed by atoms with Gasteiger partial charge in [0.2, 0.25) is 0 Å². The molecule has 0 spiro atoms. The van der Waals surface area contributed by atoms with E-state index < -0.39 is 0 Å². The molecule has 0 amide bonds. The van der Waals surface area contributed by atoms with Gasteiger partial charge in [-0.25, -0.2) is 4.39 Å². The van der Waals surface area contributed by atoms with Crippen LogP contribution in [0.5, 0.6) is 0 Å². The number of hydrogen-bond donors (Lipinski definition) is 2. The summed E-state index contributed by atoms with van der Waals surface area (Å²) in [6.45, 7) is 6.07. The summed E-state index contributed by atoms with van der Waals surface area (Å²) in [5, 5.41) is 6.63. The van der Waals surface area contributed by atoms with Gasteiger partial charge in [-0.05, 0) is 43.5 Å². The van der Waals surface area contributed by atoms with E-state index in [-0.39, 0.29) is 5.82 Å². The molecule has 128 valence electrons. The van der Waals surface area contributed by atoms with Crippen molar-refractivity contribution in [1.82, 2.24) is 15.5 Å². The van der Waals surface area contributed by atoms with Gasteiger partial charge in [0.25, 0.3) is 0 Å². The fourth-order valence-corrected chi connectivity index (χ4v) is 3.14. The molecule has 0 bridgehead atoms. The van der Waals surface area contributed by atoms with E-state index in [1.807, 2.05) is 0 Å². The maximum Gasteiger partial charge on any atom is 0.191 e. The molecular formula is C18H29FN4. The Morgan fingerprint density at radius 1 is 1.26 bits per heavy atom. The Bertz CT molecular complexity index is 486. The van der Waals surface area contributed by atoms with Gasteiger partial charge in [0.15, 0.2) is 5.96 Å². The molecule has 0 aromatic heterocycles. The molecule has 2 rings (SSSR count). The maximum absolute atomic E-state index is 12.9. The Morgan fingerprint density at radius 3 is 2.74 bits per heavy atom. The van der Waals surface area contributed by atoms with Gasteiger partial charge in [-0.15, -0.1) is 0 Å². The first kappa shape index (κ1) is 17.7. The van der Waals surface area contributed by atoms with Crippen molar-refractivity contribution in [3.63, 3.8) is 0 Å². The van der Waals surface area contributed by atoms with Crippen LogP contribution in [0.15, 0.2) is 29.3 Å². The van der Waals surface area contributed by atoms with Crippen LogP contribution in [-0.4, -0.2) is 43.6 Å². The van der Waals surface area contributed by atoms with E-state index in [2.05, 4.69) is 27.4 Å². The second kappa shape index (κ2) is 9.50. The van der Waals surface area contributed by atoms with Crippen LogP contribution in [-0.2, 0) is 6.54 Å². The van der Waals surface area contributed by atoms with Crippen molar-refractivity contribution in [2.45, 2.75) is 45.2 Å². The van der Waals surface area contributed by atoms with E-state index in [1.165, 1.54) is 44.4 Å². The van der Waals surface area contributed by atoms with Crippen LogP contribution in [0.25, 0.3) is 0 Å². The molecule has 1 aliphatic heterocycles. The van der Waals surface area contributed by atoms with Crippen molar-refractivity contribution in [1.29, 1.82) is 0 Å². The minimum absolute atomic E-state index is 0.205. The summed E-state index contributed by atoms with van der Waals surface area (Å²) < 4.78 is 12.9. The number of likely N-dealkylation sites (tertiary alicyclic amines) is 1. The lowest BCUT2D eigenvalue weighted by Gasteiger charge is -2.35. The number of benzene rings is 1. The fourth-order valence-electron chi connectivity index (χ4n) is 3.14. The lowest BCUT2D eigenvalue weighted by atomic mass is 10.0. The monoisotopic (exact) mass is 320 g/mol. The average Bonchev–Trinajstić information content (AvgIpc) is 2.59. The maximum atomic E-state index is 12.9. The second-order valence-corrected chi connectivity index (χ2v) is 6.07. The number of hydrogen-bond acceptors (Lipinski definition) is 2. The van der Waals surface area contributed by atoms with Crippen molar-refractivity contribution in [2.75, 3.05) is 26.7 Å². The van der Waals surface area contributed by atoms with Crippen molar-refractivity contribution in [2.24, 2.45) is 4.99 Å². The molecule has 1 unspecified atom stereocenters. The molecule has 1 aliphatic rings. The molecule has 1 aromatic carbocycles. The number of piperidine rings is 1. The number of halogens is 1. The van der Waals surface area contributed by atoms with Gasteiger partial charge in [-0.1, -0.05) is 25.5 Å². The van der Waals surface area contributed by atoms with Gasteiger partial charge in [-0.3, -0.25) is 9.89 Å². The normalized spacial score (nSPS) is 19.6. The first-order chi connectivity index (χ1) is 11.2. The zero-order valence-electron chi connectivity index (χ0n) is 14.3. The Morgan fingerprint density at radius 2 is 2.04 bits per heavy atom. The van der Waals surface area contributed by atoms with Crippen molar-refractivity contribution in [3.8, 4) is 0 Å². The third-order valence-corrected chi connectivity index (χ3v) is 4.51. The van der Waals surface area contributed by atoms with Crippen LogP contribution in [0.4, 0.5) is 4.39 Å². The Labute approximate surface area is 139 Å². The smallest absolute Gasteiger partial charge is 0.191 e. The molecule has 23 heavy (non-hydrogen) atoms. The van der Waals surface area contributed by atoms with Gasteiger partial charge >= 0.3 is 0 Å². The highest BCUT2D eigenvalue weighted by atomic mass is 19.1. The van der Waals surface area contributed by atoms with Gasteiger partial charge in [0.1, 0.15) is 5.82 Å². The summed E-state index contributed by atoms with van der Waals surface area (Å²) in [7, 11) is 1.77. The van der Waals surface area contributed by atoms with E-state index in [0.29, 0.717) is 6.54 Å². The SMILES string of the molecule is CCC1CCCCN1CCNC(=NC)NCc1ccc(F)cc1. The first-order valence-corrected chi connectivity index (χ1v) is 8.66. The average molecular weight is 320 g/mol. The van der Waals surface area contributed by atoms with E-state index in [9.17, 15) is 4.39 Å². The molecule has 0 aliphatic carbocycles. The molecule has 1 aromatic rings. The molecular weight excluding hydrogens is 291 g/mol. The Hall–Kier alpha value is -1.62. The van der Waals surface area contributed by atoms with Crippen LogP contribution in [0.1, 0.15) is 38.2 Å². The van der Waals surface area contributed by atoms with Crippen molar-refractivity contribution >= 4 is 5.96 Å². The number of aliphatic imine (C=N–C) groups is 1. The van der Waals surface area contributed by atoms with Gasteiger partial charge in [-0.2, -0.15) is 0 Å². The van der Waals surface area contributed by atoms with Gasteiger partial charge in [0, 0.05) is 32.7 Å². The van der Waals surface area contributed by atoms with Crippen LogP contribution < -0.4 is 10.6 Å². The lowest BCUT2D eigenvalue weighted by Crippen LogP contribution is -2.45. The van der Waals surface area contributed by atoms with Crippen molar-refractivity contribution in [3.05, 3.63) is 35.6 Å². The van der Waals surface area contributed by atoms with E-state index >= 15 is 0 Å². The minimum atomic E-state index is -0.205. The van der Waals surface area contributed by atoms with Crippen LogP contribution in [0.3, 0.4) is 0 Å². The third kappa shape index (κ3) is 5.82. The summed E-state index contributed by atoms with van der Waals surface area (Å²) in [5.74, 6) is 0.586. The number of guanidine groups is 1. The Balaban J connectivity index is 1.71. The topological polar surface area (TPSA) is 39.7 Å². The largest absolute Gasteiger partial charge is 0.355 e. The highest BCUT2D eigenvalue weighted by molar-refractivity contribution is 5.79. The summed E-state index contributed by atoms with van der Waals surface area (Å²) >= 11 is 0. The highest BCUT2D eigenvalue weighted by Gasteiger charge is 2.19. The second-order valence-electron chi connectivity index (χ2n) is 6.07. The predicted octanol–water partition coefficient (Wildman–Crippen LogP) is 2.76. The van der Waals surface area contributed by atoms with Gasteiger partial charge in [0.05, 0.1) is 0 Å². The standard InChI is InChI=1S/C18H29FN4/c1-3-17-6-4-5-12-23(17)13-11-21-18(20-2)22-14-15-7-9-16(19)10-8-15/h7-10,17H,3-6,11-14H2,1-2H3,(H2,20,21,22). The fraction of sp³-hybridized carbons (Fsp3) is 0.611. The van der Waals surface area contributed by atoms with E-state index in [0.717, 1.165) is 30.7 Å². The lowest BCUT2D eigenvalue weighted by molar-refractivity contribution is 0.147. The Kier molecular flexibility index (Phi) is 7.33. The summed E-state index contributed by atoms with van der Waals surface area (Å²) in [6, 6.07) is 7.27. The summed E-state index contributed by atoms with van der Waals surface area (Å²) in [5.41, 5.74) is 1.04. The summed E-state index contributed by atoms with van der Waals surface area (Å²) in [6.07, 6.45) is 5.24. The zero-order valence-corrected chi connectivity index (χ0v) is 14.3. The number of nitrogens with one attached hydrogen (secondary N) is 2. The molecule has 0 saturated carbocycles. The predicted molar refractivity (Wildman–Crippen MR) is 94.1 cm³/mol. The van der Waals surface area contributed by atoms with Crippen LogP contribution in [0.2, 0.25) is 0 Å². The first-order valence-electron chi connectivity index (χ1n) is 8.66. The van der Waals surface area contributed by atoms with Crippen molar-refractivity contribution < 1.29 is 4.39 Å². The zero-order chi connectivity index (χ0) is 16.5. The van der Waals surface area contributed by atoms with E-state index in [4.69, 9.17) is 0 Å². The summed E-state index contributed by atoms with van der Waals surface area (Å²) in [4.78, 5) is 6.83. The molecule has 1 heterocycles. The number of rotatable bonds is 6. The number of nitrogens with zero attached hydrogens (tertiary/aromatic N) is 2. The molecule has 4 nitrogen and oxygen atoms in total. The molecule has 1 fully saturated rings. The van der Waals surface area contributed by atoms with E-state index in [1.54, 1.807) is 19.2 Å².